The molecule has 0 aromatic heterocycles. The maximum atomic E-state index is 10.1. The van der Waals surface area contributed by atoms with Crippen LogP contribution in [0.15, 0.2) is 0 Å². The fourth-order valence-electron chi connectivity index (χ4n) is 0.632. The van der Waals surface area contributed by atoms with Crippen molar-refractivity contribution in [1.82, 2.24) is 0 Å². The molecule has 4 nitrogen and oxygen atoms in total. The molecule has 0 spiro atoms. The molecule has 0 aliphatic carbocycles. The van der Waals surface area contributed by atoms with Gasteiger partial charge in [-0.3, -0.25) is 4.79 Å². The molecule has 5 heteroatoms. The monoisotopic (exact) mass is 224 g/mol. The first kappa shape index (κ1) is 13.5. The molecule has 0 rings (SSSR count). The van der Waals surface area contributed by atoms with E-state index in [4.69, 9.17) is 16.6 Å². The molecule has 0 heterocycles. The number of carboxylic acid groups (broad SMARTS) is 1. The normalized spacial score (nSPS) is 11.8. The van der Waals surface area contributed by atoms with Gasteiger partial charge in [0.2, 0.25) is 0 Å². The Morgan fingerprint density at radius 3 is 2.36 bits per heavy atom. The summed E-state index contributed by atoms with van der Waals surface area (Å²) in [5.74, 6) is -0.933. The first-order valence-corrected chi connectivity index (χ1v) is 3.37. The van der Waals surface area contributed by atoms with Crippen LogP contribution in [0.25, 0.3) is 0 Å². The zero-order valence-electron chi connectivity index (χ0n) is 5.92. The van der Waals surface area contributed by atoms with Gasteiger partial charge in [-0.15, -0.1) is 0 Å². The second kappa shape index (κ2) is 8.03. The van der Waals surface area contributed by atoms with Crippen LogP contribution >= 0.6 is 0 Å². The molecule has 0 fully saturated rings. The van der Waals surface area contributed by atoms with Crippen LogP contribution in [0.5, 0.6) is 0 Å². The van der Waals surface area contributed by atoms with Gasteiger partial charge in [0.1, 0.15) is 6.04 Å². The molecule has 0 amide bonds. The summed E-state index contributed by atoms with van der Waals surface area (Å²) in [6.45, 7) is 0.604. The number of unbranched alkanes of at least 4 members (excludes halogenated alkanes) is 1. The Morgan fingerprint density at radius 2 is 2.00 bits per heavy atom. The van der Waals surface area contributed by atoms with Gasteiger partial charge in [0.05, 0.1) is 0 Å². The number of hydrogen-bond donors (Lipinski definition) is 3. The average Bonchev–Trinajstić information content (AvgIpc) is 1.88. The Labute approximate surface area is 77.3 Å². The molecule has 0 aliphatic heterocycles. The molecule has 68 valence electrons. The van der Waals surface area contributed by atoms with Crippen molar-refractivity contribution in [1.29, 1.82) is 0 Å². The van der Waals surface area contributed by atoms with Gasteiger partial charge in [0.15, 0.2) is 0 Å². The predicted octanol–water partition coefficient (Wildman–Crippen LogP) is -1.92. The number of nitrogens with two attached hydrogens (primary N) is 2. The molecule has 1 unspecified atom stereocenters. The van der Waals surface area contributed by atoms with E-state index in [1.165, 1.54) is 0 Å². The standard InChI is InChI=1S/C6H14N2O2.GeH4/c7-4-2-1-3-5(8)6(9)10;/h5H,1-4,7-8H2,(H,9,10);1H4. The van der Waals surface area contributed by atoms with Gasteiger partial charge in [-0.05, 0) is 19.4 Å². The summed E-state index contributed by atoms with van der Waals surface area (Å²) < 4.78 is 0. The number of aliphatic carboxylic acids is 1. The molecule has 0 aromatic carbocycles. The van der Waals surface area contributed by atoms with Gasteiger partial charge in [-0.1, -0.05) is 6.42 Å². The molecule has 0 radical (unpaired) electrons. The molecule has 5 N–H and O–H groups in total. The number of rotatable bonds is 5. The Kier molecular flexibility index (Phi) is 9.87. The molecule has 0 saturated heterocycles. The molecule has 0 aromatic rings. The summed E-state index contributed by atoms with van der Waals surface area (Å²) in [4.78, 5) is 10.1. The van der Waals surface area contributed by atoms with Gasteiger partial charge < -0.3 is 16.6 Å². The van der Waals surface area contributed by atoms with Crippen molar-refractivity contribution in [2.75, 3.05) is 6.54 Å². The summed E-state index contributed by atoms with van der Waals surface area (Å²) in [5.41, 5.74) is 10.4. The fourth-order valence-corrected chi connectivity index (χ4v) is 0.632. The average molecular weight is 223 g/mol. The van der Waals surface area contributed by atoms with E-state index >= 15 is 0 Å². The van der Waals surface area contributed by atoms with E-state index in [0.29, 0.717) is 13.0 Å². The van der Waals surface area contributed by atoms with Crippen molar-refractivity contribution in [2.24, 2.45) is 11.5 Å². The molecule has 0 aliphatic rings. The van der Waals surface area contributed by atoms with Gasteiger partial charge >= 0.3 is 23.6 Å². The van der Waals surface area contributed by atoms with Crippen molar-refractivity contribution >= 4 is 23.6 Å². The van der Waals surface area contributed by atoms with Crippen molar-refractivity contribution in [2.45, 2.75) is 25.3 Å². The zero-order chi connectivity index (χ0) is 7.98. The molecule has 11 heavy (non-hydrogen) atoms. The topological polar surface area (TPSA) is 89.3 Å². The van der Waals surface area contributed by atoms with Crippen molar-refractivity contribution in [3.05, 3.63) is 0 Å². The van der Waals surface area contributed by atoms with E-state index in [-0.39, 0.29) is 17.6 Å². The van der Waals surface area contributed by atoms with Gasteiger partial charge in [-0.2, -0.15) is 0 Å². The second-order valence-electron chi connectivity index (χ2n) is 2.23. The van der Waals surface area contributed by atoms with Crippen LogP contribution in [-0.4, -0.2) is 41.3 Å². The third kappa shape index (κ3) is 7.83. The molecular formula is C6H18GeN2O2. The summed E-state index contributed by atoms with van der Waals surface area (Å²) >= 11 is 0. The number of carboxylic acids is 1. The van der Waals surface area contributed by atoms with Crippen molar-refractivity contribution in [3.8, 4) is 0 Å². The SMILES string of the molecule is NCCCCC(N)C(=O)O.[GeH4]. The van der Waals surface area contributed by atoms with Gasteiger partial charge in [-0.25, -0.2) is 0 Å². The Balaban J connectivity index is 0. The summed E-state index contributed by atoms with van der Waals surface area (Å²) in [6.07, 6.45) is 2.16. The number of hydrogen-bond acceptors (Lipinski definition) is 3. The van der Waals surface area contributed by atoms with E-state index in [2.05, 4.69) is 0 Å². The van der Waals surface area contributed by atoms with Crippen LogP contribution in [-0.2, 0) is 4.79 Å². The van der Waals surface area contributed by atoms with Crippen LogP contribution < -0.4 is 11.5 Å². The van der Waals surface area contributed by atoms with Crippen LogP contribution in [0.4, 0.5) is 0 Å². The Morgan fingerprint density at radius 1 is 1.45 bits per heavy atom. The fraction of sp³-hybridized carbons (Fsp3) is 0.833. The van der Waals surface area contributed by atoms with Crippen LogP contribution in [0.1, 0.15) is 19.3 Å². The first-order chi connectivity index (χ1) is 4.68. The third-order valence-corrected chi connectivity index (χ3v) is 1.29. The van der Waals surface area contributed by atoms with Crippen LogP contribution in [0.3, 0.4) is 0 Å². The Bertz CT molecular complexity index is 111. The van der Waals surface area contributed by atoms with Crippen LogP contribution in [0, 0.1) is 0 Å². The minimum atomic E-state index is -0.933. The Hall–Kier alpha value is -0.0671. The zero-order valence-corrected chi connectivity index (χ0v) is 5.92. The van der Waals surface area contributed by atoms with E-state index in [0.717, 1.165) is 12.8 Å². The second-order valence-corrected chi connectivity index (χ2v) is 2.23. The quantitative estimate of drug-likeness (QED) is 0.374. The van der Waals surface area contributed by atoms with E-state index < -0.39 is 12.0 Å². The molecule has 1 atom stereocenters. The number of carbonyl (C=O) groups is 1. The predicted molar refractivity (Wildman–Crippen MR) is 49.9 cm³/mol. The van der Waals surface area contributed by atoms with E-state index in [1.807, 2.05) is 0 Å². The summed E-state index contributed by atoms with van der Waals surface area (Å²) in [5, 5.41) is 8.33. The van der Waals surface area contributed by atoms with Crippen LogP contribution in [0.2, 0.25) is 0 Å². The first-order valence-electron chi connectivity index (χ1n) is 3.37. The maximum absolute atomic E-state index is 10.1. The van der Waals surface area contributed by atoms with Crippen molar-refractivity contribution < 1.29 is 9.90 Å². The van der Waals surface area contributed by atoms with Crippen molar-refractivity contribution in [3.63, 3.8) is 0 Å². The third-order valence-electron chi connectivity index (χ3n) is 1.29. The van der Waals surface area contributed by atoms with Gasteiger partial charge in [0.25, 0.3) is 0 Å². The van der Waals surface area contributed by atoms with Gasteiger partial charge in [0, 0.05) is 0 Å². The van der Waals surface area contributed by atoms with E-state index in [9.17, 15) is 4.79 Å². The minimum absolute atomic E-state index is 0. The molecular weight excluding hydrogens is 205 g/mol. The molecule has 0 saturated carbocycles. The molecule has 0 bridgehead atoms. The summed E-state index contributed by atoms with van der Waals surface area (Å²) in [7, 11) is 0. The van der Waals surface area contributed by atoms with E-state index in [1.54, 1.807) is 0 Å². The summed E-state index contributed by atoms with van der Waals surface area (Å²) in [6, 6.07) is -0.716.